The molecule has 3 aromatic rings. The average molecular weight is 405 g/mol. The number of fused-ring (bicyclic) bond motifs is 4. The molecule has 0 aliphatic carbocycles. The van der Waals surface area contributed by atoms with E-state index in [4.69, 9.17) is 0 Å². The molecule has 9 heteroatoms. The number of likely N-dealkylation sites (tertiary alicyclic amines) is 1. The third-order valence-electron chi connectivity index (χ3n) is 5.95. The highest BCUT2D eigenvalue weighted by Crippen LogP contribution is 2.36. The van der Waals surface area contributed by atoms with Crippen LogP contribution in [0.4, 0.5) is 5.69 Å². The molecule has 1 fully saturated rings. The first-order valence-electron chi connectivity index (χ1n) is 9.79. The van der Waals surface area contributed by atoms with E-state index in [1.165, 1.54) is 10.6 Å². The summed E-state index contributed by atoms with van der Waals surface area (Å²) in [5, 5.41) is 18.2. The lowest BCUT2D eigenvalue weighted by atomic mass is 9.83. The van der Waals surface area contributed by atoms with E-state index in [-0.39, 0.29) is 17.7 Å². The molecular formula is C21H19N5O4. The number of aromatic amines is 1. The van der Waals surface area contributed by atoms with Gasteiger partial charge in [0.05, 0.1) is 10.6 Å². The molecule has 0 unspecified atom stereocenters. The minimum Gasteiger partial charge on any atom is -0.336 e. The summed E-state index contributed by atoms with van der Waals surface area (Å²) in [6.07, 6.45) is 0.860. The van der Waals surface area contributed by atoms with Gasteiger partial charge in [-0.25, -0.2) is 0 Å². The minimum atomic E-state index is -0.640. The molecule has 2 aliphatic heterocycles. The number of hydrogen-bond acceptors (Lipinski definition) is 5. The van der Waals surface area contributed by atoms with Crippen LogP contribution < -0.4 is 5.56 Å². The van der Waals surface area contributed by atoms with Gasteiger partial charge in [0.2, 0.25) is 0 Å². The van der Waals surface area contributed by atoms with Crippen LogP contribution in [0.25, 0.3) is 11.3 Å². The number of benzene rings is 1. The highest BCUT2D eigenvalue weighted by molar-refractivity contribution is 5.93. The van der Waals surface area contributed by atoms with E-state index in [9.17, 15) is 19.7 Å². The van der Waals surface area contributed by atoms with Gasteiger partial charge in [-0.2, -0.15) is 5.10 Å². The summed E-state index contributed by atoms with van der Waals surface area (Å²) in [6.45, 7) is 1.35. The normalized spacial score (nSPS) is 19.9. The Balaban J connectivity index is 1.40. The Kier molecular flexibility index (Phi) is 4.23. The first-order valence-corrected chi connectivity index (χ1v) is 9.79. The predicted octanol–water partition coefficient (Wildman–Crippen LogP) is 2.41. The summed E-state index contributed by atoms with van der Waals surface area (Å²) in [5.41, 5.74) is 1.85. The maximum absolute atomic E-state index is 13.1. The van der Waals surface area contributed by atoms with Gasteiger partial charge >= 0.3 is 11.2 Å². The average Bonchev–Trinajstić information content (AvgIpc) is 3.24. The molecule has 4 heterocycles. The van der Waals surface area contributed by atoms with Crippen molar-refractivity contribution in [2.24, 2.45) is 5.92 Å². The minimum absolute atomic E-state index is 0.0218. The Hall–Kier alpha value is -3.75. The lowest BCUT2D eigenvalue weighted by molar-refractivity contribution is -0.386. The van der Waals surface area contributed by atoms with E-state index in [1.807, 2.05) is 30.3 Å². The fraction of sp³-hybridized carbons (Fsp3) is 0.286. The Morgan fingerprint density at radius 1 is 1.13 bits per heavy atom. The maximum Gasteiger partial charge on any atom is 0.334 e. The second-order valence-electron chi connectivity index (χ2n) is 7.86. The molecular weight excluding hydrogens is 386 g/mol. The number of piperidine rings is 1. The monoisotopic (exact) mass is 405 g/mol. The zero-order valence-corrected chi connectivity index (χ0v) is 16.0. The number of hydrogen-bond donors (Lipinski definition) is 1. The number of nitrogens with zero attached hydrogens (tertiary/aromatic N) is 4. The standard InChI is InChI=1S/C21H19N5O4/c27-20(17-9-16(22-23-17)14-4-2-1-3-5-14)24-10-13-8-15(12-24)18-6-7-19(26(29)30)21(28)25(18)11-13/h1-7,9,13,15H,8,10-12H2,(H,22,23)/t13-,15+/m0/s1. The summed E-state index contributed by atoms with van der Waals surface area (Å²) in [7, 11) is 0. The molecule has 30 heavy (non-hydrogen) atoms. The largest absolute Gasteiger partial charge is 0.336 e. The van der Waals surface area contributed by atoms with Gasteiger partial charge in [0.1, 0.15) is 5.69 Å². The summed E-state index contributed by atoms with van der Waals surface area (Å²) in [4.78, 5) is 37.8. The van der Waals surface area contributed by atoms with E-state index in [0.717, 1.165) is 17.7 Å². The molecule has 1 aromatic carbocycles. The number of nitro groups is 1. The van der Waals surface area contributed by atoms with Gasteiger partial charge in [-0.1, -0.05) is 30.3 Å². The molecule has 2 aliphatic rings. The fourth-order valence-corrected chi connectivity index (χ4v) is 4.60. The van der Waals surface area contributed by atoms with Crippen molar-refractivity contribution in [1.82, 2.24) is 19.7 Å². The van der Waals surface area contributed by atoms with Crippen LogP contribution in [0.15, 0.2) is 53.3 Å². The van der Waals surface area contributed by atoms with Gasteiger partial charge < -0.3 is 9.47 Å². The lowest BCUT2D eigenvalue weighted by Crippen LogP contribution is -2.49. The Labute approximate surface area is 171 Å². The second-order valence-corrected chi connectivity index (χ2v) is 7.86. The zero-order chi connectivity index (χ0) is 20.8. The third kappa shape index (κ3) is 2.99. The predicted molar refractivity (Wildman–Crippen MR) is 108 cm³/mol. The van der Waals surface area contributed by atoms with E-state index in [1.54, 1.807) is 17.0 Å². The van der Waals surface area contributed by atoms with E-state index >= 15 is 0 Å². The van der Waals surface area contributed by atoms with Crippen molar-refractivity contribution in [2.75, 3.05) is 13.1 Å². The highest BCUT2D eigenvalue weighted by atomic mass is 16.6. The van der Waals surface area contributed by atoms with Crippen molar-refractivity contribution in [1.29, 1.82) is 0 Å². The van der Waals surface area contributed by atoms with E-state index in [0.29, 0.717) is 31.0 Å². The van der Waals surface area contributed by atoms with Crippen LogP contribution in [0.5, 0.6) is 0 Å². The molecule has 0 saturated carbocycles. The number of pyridine rings is 1. The van der Waals surface area contributed by atoms with E-state index in [2.05, 4.69) is 10.2 Å². The Morgan fingerprint density at radius 3 is 2.70 bits per heavy atom. The quantitative estimate of drug-likeness (QED) is 0.531. The number of H-pyrrole nitrogens is 1. The topological polar surface area (TPSA) is 114 Å². The summed E-state index contributed by atoms with van der Waals surface area (Å²) in [6, 6.07) is 14.3. The van der Waals surface area contributed by atoms with Gasteiger partial charge in [0.15, 0.2) is 0 Å². The molecule has 2 bridgehead atoms. The van der Waals surface area contributed by atoms with Crippen molar-refractivity contribution in [3.63, 3.8) is 0 Å². The van der Waals surface area contributed by atoms with Crippen LogP contribution in [-0.4, -0.2) is 43.6 Å². The van der Waals surface area contributed by atoms with Crippen LogP contribution in [0.3, 0.4) is 0 Å². The van der Waals surface area contributed by atoms with Crippen molar-refractivity contribution >= 4 is 11.6 Å². The van der Waals surface area contributed by atoms with E-state index < -0.39 is 16.2 Å². The molecule has 2 aromatic heterocycles. The van der Waals surface area contributed by atoms with Gasteiger partial charge in [-0.05, 0) is 24.5 Å². The third-order valence-corrected chi connectivity index (χ3v) is 5.95. The molecule has 1 N–H and O–H groups in total. The summed E-state index contributed by atoms with van der Waals surface area (Å²) in [5.74, 6) is -0.0695. The van der Waals surface area contributed by atoms with Crippen molar-refractivity contribution in [2.45, 2.75) is 18.9 Å². The second kappa shape index (κ2) is 6.94. The van der Waals surface area contributed by atoms with Gasteiger partial charge in [-0.15, -0.1) is 0 Å². The molecule has 152 valence electrons. The van der Waals surface area contributed by atoms with Crippen molar-refractivity contribution in [3.05, 3.63) is 80.4 Å². The number of nitrogens with one attached hydrogen (secondary N) is 1. The first-order chi connectivity index (χ1) is 14.5. The number of aromatic nitrogens is 3. The smallest absolute Gasteiger partial charge is 0.334 e. The molecule has 5 rings (SSSR count). The zero-order valence-electron chi connectivity index (χ0n) is 16.0. The van der Waals surface area contributed by atoms with Gasteiger partial charge in [-0.3, -0.25) is 24.8 Å². The lowest BCUT2D eigenvalue weighted by Gasteiger charge is -2.42. The Bertz CT molecular complexity index is 1200. The van der Waals surface area contributed by atoms with Gasteiger partial charge in [0, 0.05) is 42.9 Å². The SMILES string of the molecule is O=C(c1cc(-c2ccccc2)n[nH]1)N1C[C@@H]2C[C@H](C1)c1ccc([N+](=O)[O-])c(=O)n1C2. The molecule has 1 amide bonds. The number of amides is 1. The molecule has 9 nitrogen and oxygen atoms in total. The maximum atomic E-state index is 13.1. The molecule has 0 radical (unpaired) electrons. The molecule has 2 atom stereocenters. The number of rotatable bonds is 3. The summed E-state index contributed by atoms with van der Waals surface area (Å²) < 4.78 is 1.52. The van der Waals surface area contributed by atoms with Crippen LogP contribution in [0.1, 0.15) is 28.5 Å². The van der Waals surface area contributed by atoms with Crippen LogP contribution in [0, 0.1) is 16.0 Å². The molecule has 1 saturated heterocycles. The summed E-state index contributed by atoms with van der Waals surface area (Å²) >= 11 is 0. The van der Waals surface area contributed by atoms with Crippen LogP contribution in [0.2, 0.25) is 0 Å². The number of carbonyl (C=O) groups excluding carboxylic acids is 1. The van der Waals surface area contributed by atoms with Crippen LogP contribution in [-0.2, 0) is 6.54 Å². The number of carbonyl (C=O) groups is 1. The first kappa shape index (κ1) is 18.3. The van der Waals surface area contributed by atoms with Gasteiger partial charge in [0.25, 0.3) is 5.91 Å². The van der Waals surface area contributed by atoms with Crippen molar-refractivity contribution < 1.29 is 9.72 Å². The molecule has 0 spiro atoms. The van der Waals surface area contributed by atoms with Crippen molar-refractivity contribution in [3.8, 4) is 11.3 Å². The van der Waals surface area contributed by atoms with Crippen LogP contribution >= 0.6 is 0 Å². The fourth-order valence-electron chi connectivity index (χ4n) is 4.60. The highest BCUT2D eigenvalue weighted by Gasteiger charge is 2.38. The Morgan fingerprint density at radius 2 is 1.93 bits per heavy atom.